The second kappa shape index (κ2) is 15.5. The van der Waals surface area contributed by atoms with E-state index in [9.17, 15) is 9.59 Å². The predicted octanol–water partition coefficient (Wildman–Crippen LogP) is 7.60. The zero-order valence-corrected chi connectivity index (χ0v) is 24.4. The van der Waals surface area contributed by atoms with Gasteiger partial charge < -0.3 is 14.4 Å². The fourth-order valence-corrected chi connectivity index (χ4v) is 5.58. The molecule has 210 valence electrons. The number of esters is 1. The van der Waals surface area contributed by atoms with Gasteiger partial charge in [-0.25, -0.2) is 9.59 Å². The van der Waals surface area contributed by atoms with Crippen molar-refractivity contribution in [2.45, 2.75) is 65.7 Å². The van der Waals surface area contributed by atoms with Crippen molar-refractivity contribution in [2.75, 3.05) is 26.3 Å². The number of amides is 1. The Labute approximate surface area is 238 Å². The van der Waals surface area contributed by atoms with E-state index in [0.29, 0.717) is 31.3 Å². The smallest absolute Gasteiger partial charge is 0.409 e. The van der Waals surface area contributed by atoms with Gasteiger partial charge in [-0.05, 0) is 98.4 Å². The van der Waals surface area contributed by atoms with Gasteiger partial charge in [0.05, 0.1) is 18.9 Å². The average Bonchev–Trinajstić information content (AvgIpc) is 2.96. The molecule has 4 rings (SSSR count). The fraction of sp³-hybridized carbons (Fsp3) is 0.469. The van der Waals surface area contributed by atoms with Gasteiger partial charge in [0.2, 0.25) is 0 Å². The Bertz CT molecular complexity index is 1170. The molecule has 0 saturated carbocycles. The van der Waals surface area contributed by atoms with E-state index in [1.807, 2.05) is 51.2 Å². The molecule has 0 radical (unpaired) electrons. The maximum atomic E-state index is 12.3. The lowest BCUT2D eigenvalue weighted by atomic mass is 9.74. The first-order valence-corrected chi connectivity index (χ1v) is 14.6. The Morgan fingerprint density at radius 2 is 1.85 bits per heavy atom. The molecule has 6 nitrogen and oxygen atoms in total. The lowest BCUT2D eigenvalue weighted by Crippen LogP contribution is -2.40. The van der Waals surface area contributed by atoms with Crippen LogP contribution >= 0.6 is 11.6 Å². The monoisotopic (exact) mass is 552 g/mol. The highest BCUT2D eigenvalue weighted by Gasteiger charge is 2.34. The summed E-state index contributed by atoms with van der Waals surface area (Å²) in [6.07, 6.45) is 11.6. The molecule has 7 heteroatoms. The number of piperidine rings is 1. The van der Waals surface area contributed by atoms with Gasteiger partial charge in [-0.1, -0.05) is 43.7 Å². The van der Waals surface area contributed by atoms with E-state index >= 15 is 0 Å². The molecule has 39 heavy (non-hydrogen) atoms. The Morgan fingerprint density at radius 3 is 2.56 bits per heavy atom. The second-order valence-electron chi connectivity index (χ2n) is 9.42. The number of hydrogen-bond donors (Lipinski definition) is 0. The highest BCUT2D eigenvalue weighted by molar-refractivity contribution is 6.30. The Balaban J connectivity index is 0.00000205. The van der Waals surface area contributed by atoms with Crippen LogP contribution in [0.1, 0.15) is 81.7 Å². The van der Waals surface area contributed by atoms with Gasteiger partial charge in [-0.15, -0.1) is 0 Å². The van der Waals surface area contributed by atoms with Gasteiger partial charge in [-0.3, -0.25) is 4.98 Å². The molecule has 1 fully saturated rings. The van der Waals surface area contributed by atoms with Crippen molar-refractivity contribution in [1.29, 1.82) is 0 Å². The number of aryl methyl sites for hydroxylation is 1. The first kappa shape index (κ1) is 30.4. The van der Waals surface area contributed by atoms with Gasteiger partial charge in [0.1, 0.15) is 0 Å². The number of halogens is 1. The van der Waals surface area contributed by atoms with E-state index in [4.69, 9.17) is 26.1 Å². The molecule has 1 atom stereocenters. The summed E-state index contributed by atoms with van der Waals surface area (Å²) in [6, 6.07) is 10.2. The number of rotatable bonds is 5. The zero-order valence-electron chi connectivity index (χ0n) is 23.6. The quantitative estimate of drug-likeness (QED) is 0.282. The molecule has 1 aliphatic carbocycles. The maximum absolute atomic E-state index is 12.3. The lowest BCUT2D eigenvalue weighted by molar-refractivity contribution is -0.137. The Hall–Kier alpha value is -3.12. The highest BCUT2D eigenvalue weighted by Crippen LogP contribution is 2.43. The molecule has 2 heterocycles. The van der Waals surface area contributed by atoms with E-state index in [0.717, 1.165) is 54.5 Å². The third-order valence-corrected chi connectivity index (χ3v) is 7.35. The van der Waals surface area contributed by atoms with Gasteiger partial charge in [0.15, 0.2) is 0 Å². The predicted molar refractivity (Wildman–Crippen MR) is 157 cm³/mol. The number of allylic oxidation sites excluding steroid dienone is 3. The van der Waals surface area contributed by atoms with Crippen LogP contribution in [0.2, 0.25) is 5.02 Å². The number of carbonyl (C=O) groups is 2. The standard InChI is InChI=1S/C30H35ClN2O4.C2H6/c1-3-36-27(34)14-11-21-8-5-6-9-23-10-7-17-32-29(23)28(25-13-12-24(31)20-26(21)25)22-15-18-33(19-16-22)30(35)37-4-2;1-2/h7-8,10-14,17,20,22,28H,3-6,9,15-16,18-19H2,1-2H3;1-2H3/b14-11+,21-8-;. The number of ether oxygens (including phenoxy) is 2. The van der Waals surface area contributed by atoms with Crippen molar-refractivity contribution in [3.05, 3.63) is 82.2 Å². The molecule has 0 bridgehead atoms. The summed E-state index contributed by atoms with van der Waals surface area (Å²) in [6.45, 7) is 9.64. The highest BCUT2D eigenvalue weighted by atomic mass is 35.5. The Morgan fingerprint density at radius 1 is 1.10 bits per heavy atom. The van der Waals surface area contributed by atoms with Crippen molar-refractivity contribution in [3.8, 4) is 0 Å². The molecule has 1 aromatic carbocycles. The molecular weight excluding hydrogens is 512 g/mol. The summed E-state index contributed by atoms with van der Waals surface area (Å²) in [7, 11) is 0. The van der Waals surface area contributed by atoms with E-state index in [1.165, 1.54) is 11.6 Å². The van der Waals surface area contributed by atoms with Crippen LogP contribution in [0.25, 0.3) is 5.57 Å². The number of hydrogen-bond acceptors (Lipinski definition) is 5. The summed E-state index contributed by atoms with van der Waals surface area (Å²) in [5.74, 6) is -0.0433. The average molecular weight is 553 g/mol. The zero-order chi connectivity index (χ0) is 28.2. The number of carbonyl (C=O) groups excluding carboxylic acids is 2. The molecule has 2 aromatic rings. The van der Waals surface area contributed by atoms with E-state index in [2.05, 4.69) is 18.2 Å². The molecule has 0 N–H and O–H groups in total. The fourth-order valence-electron chi connectivity index (χ4n) is 5.41. The van der Waals surface area contributed by atoms with Crippen LogP contribution in [-0.4, -0.2) is 48.2 Å². The summed E-state index contributed by atoms with van der Waals surface area (Å²) < 4.78 is 10.4. The van der Waals surface area contributed by atoms with Crippen LogP contribution in [0.15, 0.2) is 54.8 Å². The summed E-state index contributed by atoms with van der Waals surface area (Å²) >= 11 is 6.52. The minimum Gasteiger partial charge on any atom is -0.463 e. The minimum atomic E-state index is -0.362. The topological polar surface area (TPSA) is 68.7 Å². The molecule has 1 saturated heterocycles. The van der Waals surface area contributed by atoms with E-state index < -0.39 is 0 Å². The first-order chi connectivity index (χ1) is 19.0. The molecule has 1 aliphatic heterocycles. The number of aromatic nitrogens is 1. The van der Waals surface area contributed by atoms with Crippen molar-refractivity contribution < 1.29 is 19.1 Å². The minimum absolute atomic E-state index is 0.0327. The molecular formula is C32H41ClN2O4. The molecule has 1 aromatic heterocycles. The summed E-state index contributed by atoms with van der Waals surface area (Å²) in [5.41, 5.74) is 5.46. The summed E-state index contributed by atoms with van der Waals surface area (Å²) in [5, 5.41) is 0.642. The number of fused-ring (bicyclic) bond motifs is 2. The largest absolute Gasteiger partial charge is 0.463 e. The van der Waals surface area contributed by atoms with Crippen LogP contribution in [-0.2, 0) is 20.7 Å². The number of likely N-dealkylation sites (tertiary alicyclic amines) is 1. The second-order valence-corrected chi connectivity index (χ2v) is 9.85. The molecule has 1 amide bonds. The van der Waals surface area contributed by atoms with Crippen LogP contribution in [0.3, 0.4) is 0 Å². The van der Waals surface area contributed by atoms with E-state index in [-0.39, 0.29) is 23.9 Å². The number of nitrogens with zero attached hydrogens (tertiary/aromatic N) is 2. The lowest BCUT2D eigenvalue weighted by Gasteiger charge is -2.37. The van der Waals surface area contributed by atoms with Crippen LogP contribution < -0.4 is 0 Å². The third kappa shape index (κ3) is 7.95. The van der Waals surface area contributed by atoms with Gasteiger partial charge in [0, 0.05) is 36.3 Å². The van der Waals surface area contributed by atoms with Crippen molar-refractivity contribution in [3.63, 3.8) is 0 Å². The number of benzene rings is 1. The SMILES string of the molecule is CC.CCOC(=O)/C=C/C1=C/CCCc2cccnc2C(C2CCN(C(=O)OCC)CC2)c2ccc(Cl)cc21. The summed E-state index contributed by atoms with van der Waals surface area (Å²) in [4.78, 5) is 31.2. The van der Waals surface area contributed by atoms with Crippen LogP contribution in [0.5, 0.6) is 0 Å². The maximum Gasteiger partial charge on any atom is 0.409 e. The molecule has 0 spiro atoms. The van der Waals surface area contributed by atoms with Gasteiger partial charge in [-0.2, -0.15) is 0 Å². The molecule has 2 aliphatic rings. The molecule has 1 unspecified atom stereocenters. The normalized spacial score (nSPS) is 19.1. The van der Waals surface area contributed by atoms with E-state index in [1.54, 1.807) is 11.8 Å². The Kier molecular flexibility index (Phi) is 12.1. The van der Waals surface area contributed by atoms with Gasteiger partial charge in [0.25, 0.3) is 0 Å². The van der Waals surface area contributed by atoms with Gasteiger partial charge >= 0.3 is 12.1 Å². The van der Waals surface area contributed by atoms with Crippen LogP contribution in [0.4, 0.5) is 4.79 Å². The first-order valence-electron chi connectivity index (χ1n) is 14.2. The van der Waals surface area contributed by atoms with Crippen molar-refractivity contribution >= 4 is 29.2 Å². The third-order valence-electron chi connectivity index (χ3n) is 7.12. The van der Waals surface area contributed by atoms with Crippen molar-refractivity contribution in [2.24, 2.45) is 5.92 Å². The number of pyridine rings is 1. The van der Waals surface area contributed by atoms with Crippen molar-refractivity contribution in [1.82, 2.24) is 9.88 Å². The van der Waals surface area contributed by atoms with Crippen LogP contribution in [0, 0.1) is 5.92 Å².